The fourth-order valence-electron chi connectivity index (χ4n) is 22.5. The van der Waals surface area contributed by atoms with Crippen LogP contribution in [0.4, 0.5) is 0 Å². The molecule has 116 heavy (non-hydrogen) atoms. The number of hydrogen-bond donors (Lipinski definition) is 0. The SMILES string of the molecule is CCCCCCCCCCCCCCCCC1(CCCCCCCCCCCCCCCC)c2cc3c(cc2-c2c1c[c]([Sn]([CH2]CCC)([CH2]CCC)[CH2]CCC)c1nsnc21)C(CCCCCCCCCCCCCCCC)(CCCCCCCCCCCCCCCC)c1c[c]([Sn]([CH2]CCC)([CH2]CCC)[CH2]CCC)c2nsnc2c1-3. The molecule has 0 aliphatic heterocycles. The summed E-state index contributed by atoms with van der Waals surface area (Å²) in [6, 6.07) is 12.2. The second-order valence-corrected chi connectivity index (χ2v) is 66.6. The fourth-order valence-corrected chi connectivity index (χ4v) is 57.1. The van der Waals surface area contributed by atoms with Gasteiger partial charge in [-0.3, -0.25) is 0 Å². The summed E-state index contributed by atoms with van der Waals surface area (Å²) in [4.78, 5) is 0. The van der Waals surface area contributed by atoms with Gasteiger partial charge in [0.1, 0.15) is 0 Å². The van der Waals surface area contributed by atoms with E-state index in [-0.39, 0.29) is 10.8 Å². The van der Waals surface area contributed by atoms with Gasteiger partial charge in [0.05, 0.1) is 0 Å². The molecule has 0 N–H and O–H groups in total. The maximum absolute atomic E-state index is 5.82. The molecule has 0 saturated carbocycles. The Hall–Kier alpha value is -1.10. The molecule has 5 aromatic rings. The molecule has 2 aromatic heterocycles. The second kappa shape index (κ2) is 62.1. The first-order valence-electron chi connectivity index (χ1n) is 53.0. The Morgan fingerprint density at radius 3 is 0.560 bits per heavy atom. The van der Waals surface area contributed by atoms with Crippen LogP contribution in [-0.4, -0.2) is 54.2 Å². The van der Waals surface area contributed by atoms with Crippen molar-refractivity contribution in [2.75, 3.05) is 0 Å². The molecule has 2 aliphatic rings. The number of unbranched alkanes of at least 4 members (excludes halogenated alkanes) is 58. The molecular formula is C108H190N4S2Sn2. The topological polar surface area (TPSA) is 51.6 Å². The van der Waals surface area contributed by atoms with Crippen molar-refractivity contribution in [1.82, 2.24) is 17.5 Å². The average Bonchev–Trinajstić information content (AvgIpc) is 1.51. The fraction of sp³-hybridized carbons (Fsp3) is 0.833. The third-order valence-electron chi connectivity index (χ3n) is 29.9. The van der Waals surface area contributed by atoms with Crippen molar-refractivity contribution >= 4 is 89.4 Å². The van der Waals surface area contributed by atoms with Crippen LogP contribution in [0.2, 0.25) is 26.6 Å². The summed E-state index contributed by atoms with van der Waals surface area (Å²) in [5.74, 6) is 0. The van der Waals surface area contributed by atoms with E-state index >= 15 is 0 Å². The van der Waals surface area contributed by atoms with E-state index in [1.54, 1.807) is 68.0 Å². The van der Waals surface area contributed by atoms with Crippen LogP contribution in [0.5, 0.6) is 0 Å². The Morgan fingerprint density at radius 1 is 0.198 bits per heavy atom. The Bertz CT molecular complexity index is 2950. The molecular weight excluding hydrogens is 1650 g/mol. The summed E-state index contributed by atoms with van der Waals surface area (Å²) >= 11 is -3.16. The van der Waals surface area contributed by atoms with Crippen molar-refractivity contribution in [1.29, 1.82) is 0 Å². The number of rotatable bonds is 80. The molecule has 3 aromatic carbocycles. The van der Waals surface area contributed by atoms with Crippen molar-refractivity contribution in [3.05, 3.63) is 46.5 Å². The van der Waals surface area contributed by atoms with Gasteiger partial charge < -0.3 is 0 Å². The van der Waals surface area contributed by atoms with Gasteiger partial charge in [-0.05, 0) is 0 Å². The average molecular weight is 1850 g/mol. The summed E-state index contributed by atoms with van der Waals surface area (Å²) in [5.41, 5.74) is 18.5. The molecule has 0 fully saturated rings. The predicted molar refractivity (Wildman–Crippen MR) is 530 cm³/mol. The zero-order chi connectivity index (χ0) is 82.3. The van der Waals surface area contributed by atoms with E-state index in [1.807, 2.05) is 7.16 Å². The van der Waals surface area contributed by atoms with Gasteiger partial charge in [0.15, 0.2) is 0 Å². The predicted octanol–water partition coefficient (Wildman–Crippen LogP) is 37.8. The Morgan fingerprint density at radius 2 is 0.371 bits per heavy atom. The standard InChI is InChI=1S/C84H136N4S2.6C4H9.2Sn/c1-5-9-13-17-21-25-29-33-37-41-45-49-53-57-65-83(66-58-54-50-46-42-38-34-30-26-22-18-14-10-6-2)73-61-63-77-81(87-89-85-77)79(73)71-70-76-72(69-75(71)83)80-74(62-64-78-82(80)88-90-86-78)84(76,67-59-55-51-47-43-39-35-31-27-23-19-15-11-7-3)68-60-56-52-48-44-40-36-32-28-24-20-16-12-8-4;6*1-3-4-2;;/h61-62,69-70H,5-60,65-68H2,1-4H3;6*1,3-4H2,2H3;;. The van der Waals surface area contributed by atoms with Crippen LogP contribution in [0, 0.1) is 0 Å². The van der Waals surface area contributed by atoms with Crippen molar-refractivity contribution in [3.63, 3.8) is 0 Å². The zero-order valence-electron chi connectivity index (χ0n) is 79.1. The van der Waals surface area contributed by atoms with E-state index < -0.39 is 36.8 Å². The molecule has 0 spiro atoms. The van der Waals surface area contributed by atoms with Gasteiger partial charge in [-0.2, -0.15) is 0 Å². The molecule has 662 valence electrons. The molecule has 0 radical (unpaired) electrons. The van der Waals surface area contributed by atoms with Gasteiger partial charge in [-0.15, -0.1) is 0 Å². The summed E-state index contributed by atoms with van der Waals surface area (Å²) in [6.45, 7) is 24.4. The molecule has 0 bridgehead atoms. The monoisotopic (exact) mass is 1850 g/mol. The number of hydrogen-bond acceptors (Lipinski definition) is 6. The first-order valence-corrected chi connectivity index (χ1v) is 69.5. The van der Waals surface area contributed by atoms with Crippen LogP contribution < -0.4 is 7.16 Å². The van der Waals surface area contributed by atoms with Gasteiger partial charge in [-0.1, -0.05) is 207 Å². The number of benzene rings is 3. The van der Waals surface area contributed by atoms with E-state index in [2.05, 4.69) is 93.5 Å². The number of fused-ring (bicyclic) bond motifs is 10. The zero-order valence-corrected chi connectivity index (χ0v) is 86.4. The molecule has 4 nitrogen and oxygen atoms in total. The first kappa shape index (κ1) is 102. The Kier molecular flexibility index (Phi) is 54.6. The summed E-state index contributed by atoms with van der Waals surface area (Å²) in [6.07, 6.45) is 99.9. The van der Waals surface area contributed by atoms with E-state index in [9.17, 15) is 0 Å². The Balaban J connectivity index is 1.40. The summed E-state index contributed by atoms with van der Waals surface area (Å²) < 4.78 is 35.6. The van der Waals surface area contributed by atoms with Crippen LogP contribution in [0.1, 0.15) is 554 Å². The molecule has 0 atom stereocenters. The van der Waals surface area contributed by atoms with Gasteiger partial charge in [0.2, 0.25) is 0 Å². The van der Waals surface area contributed by atoms with Crippen molar-refractivity contribution in [2.24, 2.45) is 0 Å². The molecule has 0 amide bonds. The van der Waals surface area contributed by atoms with Gasteiger partial charge in [0.25, 0.3) is 0 Å². The molecule has 7 rings (SSSR count). The minimum absolute atomic E-state index is 0.0709. The molecule has 2 aliphatic carbocycles. The van der Waals surface area contributed by atoms with Gasteiger partial charge in [0, 0.05) is 0 Å². The quantitative estimate of drug-likeness (QED) is 0.0288. The van der Waals surface area contributed by atoms with Crippen molar-refractivity contribution in [3.8, 4) is 22.3 Å². The first-order chi connectivity index (χ1) is 57.2. The van der Waals surface area contributed by atoms with E-state index in [4.69, 9.17) is 17.5 Å². The normalized spacial score (nSPS) is 13.7. The summed E-state index contributed by atoms with van der Waals surface area (Å²) in [5, 5.41) is 0. The van der Waals surface area contributed by atoms with Crippen molar-refractivity contribution in [2.45, 2.75) is 569 Å². The van der Waals surface area contributed by atoms with Crippen LogP contribution in [0.3, 0.4) is 0 Å². The third kappa shape index (κ3) is 32.4. The number of nitrogens with zero attached hydrogens (tertiary/aromatic N) is 4. The van der Waals surface area contributed by atoms with Crippen LogP contribution >= 0.6 is 23.5 Å². The number of aromatic nitrogens is 4. The summed E-state index contributed by atoms with van der Waals surface area (Å²) in [7, 11) is 0. The molecule has 8 heteroatoms. The van der Waals surface area contributed by atoms with E-state index in [0.29, 0.717) is 0 Å². The molecule has 0 saturated heterocycles. The van der Waals surface area contributed by atoms with Crippen LogP contribution in [0.25, 0.3) is 44.3 Å². The van der Waals surface area contributed by atoms with Gasteiger partial charge in [-0.25, -0.2) is 0 Å². The van der Waals surface area contributed by atoms with Crippen LogP contribution in [0.15, 0.2) is 24.3 Å². The molecule has 0 unspecified atom stereocenters. The maximum atomic E-state index is 5.82. The van der Waals surface area contributed by atoms with Gasteiger partial charge >= 0.3 is 537 Å². The Labute approximate surface area is 738 Å². The third-order valence-corrected chi connectivity index (χ3v) is 62.1. The molecule has 2 heterocycles. The van der Waals surface area contributed by atoms with E-state index in [1.165, 1.54) is 511 Å². The second-order valence-electron chi connectivity index (χ2n) is 39.3. The van der Waals surface area contributed by atoms with Crippen LogP contribution in [-0.2, 0) is 10.8 Å². The van der Waals surface area contributed by atoms with Crippen molar-refractivity contribution < 1.29 is 0 Å². The van der Waals surface area contributed by atoms with E-state index in [0.717, 1.165) is 0 Å². The minimum atomic E-state index is -3.17.